The van der Waals surface area contributed by atoms with Gasteiger partial charge in [-0.2, -0.15) is 5.10 Å². The van der Waals surface area contributed by atoms with Gasteiger partial charge in [0.25, 0.3) is 0 Å². The number of hydrogen-bond acceptors (Lipinski definition) is 3. The van der Waals surface area contributed by atoms with Crippen LogP contribution in [0.1, 0.15) is 24.3 Å². The average Bonchev–Trinajstić information content (AvgIpc) is 3.14. The maximum Gasteiger partial charge on any atom is 0.317 e. The molecule has 2 aromatic rings. The molecule has 1 atom stereocenters. The van der Waals surface area contributed by atoms with Crippen LogP contribution >= 0.6 is 11.3 Å². The van der Waals surface area contributed by atoms with Gasteiger partial charge in [0.15, 0.2) is 0 Å². The minimum atomic E-state index is -0.0358. The van der Waals surface area contributed by atoms with E-state index in [9.17, 15) is 4.79 Å². The maximum absolute atomic E-state index is 12.0. The number of carbonyl (C=O) groups excluding carboxylic acids is 1. The van der Waals surface area contributed by atoms with Crippen molar-refractivity contribution in [2.75, 3.05) is 13.6 Å². The number of carbonyl (C=O) groups is 1. The standard InChI is InChI=1S/C14H20N4OS/c1-12(13-6-3-11-20-13)17(2)14(19)15-7-4-9-18-10-5-8-16-18/h3,5-6,8,10-12H,4,7,9H2,1-2H3,(H,15,19). The molecule has 0 saturated carbocycles. The fraction of sp³-hybridized carbons (Fsp3) is 0.429. The van der Waals surface area contributed by atoms with Crippen LogP contribution in [-0.4, -0.2) is 34.3 Å². The van der Waals surface area contributed by atoms with E-state index in [-0.39, 0.29) is 12.1 Å². The van der Waals surface area contributed by atoms with Crippen molar-refractivity contribution < 1.29 is 4.79 Å². The van der Waals surface area contributed by atoms with E-state index in [2.05, 4.69) is 16.5 Å². The molecule has 0 fully saturated rings. The SMILES string of the molecule is CC(c1cccs1)N(C)C(=O)NCCCn1cccn1. The Labute approximate surface area is 123 Å². The van der Waals surface area contributed by atoms with Crippen LogP contribution in [0.4, 0.5) is 4.79 Å². The molecule has 0 aliphatic rings. The van der Waals surface area contributed by atoms with E-state index in [0.717, 1.165) is 13.0 Å². The largest absolute Gasteiger partial charge is 0.338 e. The molecule has 108 valence electrons. The van der Waals surface area contributed by atoms with Gasteiger partial charge < -0.3 is 10.2 Å². The lowest BCUT2D eigenvalue weighted by molar-refractivity contribution is 0.195. The van der Waals surface area contributed by atoms with E-state index in [0.29, 0.717) is 6.54 Å². The molecule has 2 rings (SSSR count). The third-order valence-corrected chi connectivity index (χ3v) is 4.30. The summed E-state index contributed by atoms with van der Waals surface area (Å²) in [5.41, 5.74) is 0. The van der Waals surface area contributed by atoms with Gasteiger partial charge in [0, 0.05) is 37.4 Å². The van der Waals surface area contributed by atoms with E-state index < -0.39 is 0 Å². The van der Waals surface area contributed by atoms with Gasteiger partial charge in [-0.3, -0.25) is 4.68 Å². The topological polar surface area (TPSA) is 50.2 Å². The molecule has 20 heavy (non-hydrogen) atoms. The Kier molecular flexibility index (Phi) is 5.17. The summed E-state index contributed by atoms with van der Waals surface area (Å²) in [6, 6.07) is 6.02. The number of nitrogens with zero attached hydrogens (tertiary/aromatic N) is 3. The van der Waals surface area contributed by atoms with Gasteiger partial charge in [-0.1, -0.05) is 6.07 Å². The summed E-state index contributed by atoms with van der Waals surface area (Å²) in [6.07, 6.45) is 4.55. The number of nitrogens with one attached hydrogen (secondary N) is 1. The van der Waals surface area contributed by atoms with Crippen molar-refractivity contribution in [2.45, 2.75) is 25.9 Å². The number of thiophene rings is 1. The first-order chi connectivity index (χ1) is 9.68. The second-order valence-electron chi connectivity index (χ2n) is 4.66. The Bertz CT molecular complexity index is 509. The van der Waals surface area contributed by atoms with E-state index in [1.807, 2.05) is 42.4 Å². The van der Waals surface area contributed by atoms with Crippen LogP contribution in [-0.2, 0) is 6.54 Å². The van der Waals surface area contributed by atoms with Gasteiger partial charge in [0.1, 0.15) is 0 Å². The summed E-state index contributed by atoms with van der Waals surface area (Å²) in [5.74, 6) is 0. The van der Waals surface area contributed by atoms with E-state index in [1.54, 1.807) is 22.4 Å². The number of hydrogen-bond donors (Lipinski definition) is 1. The molecule has 2 aromatic heterocycles. The summed E-state index contributed by atoms with van der Waals surface area (Å²) in [4.78, 5) is 15.0. The lowest BCUT2D eigenvalue weighted by atomic mass is 10.2. The maximum atomic E-state index is 12.0. The lowest BCUT2D eigenvalue weighted by Crippen LogP contribution is -2.39. The second-order valence-corrected chi connectivity index (χ2v) is 5.64. The Morgan fingerprint density at radius 3 is 3.05 bits per heavy atom. The molecule has 0 radical (unpaired) electrons. The number of rotatable bonds is 6. The minimum Gasteiger partial charge on any atom is -0.338 e. The van der Waals surface area contributed by atoms with Crippen LogP contribution in [0, 0.1) is 0 Å². The quantitative estimate of drug-likeness (QED) is 0.832. The molecule has 0 aliphatic carbocycles. The van der Waals surface area contributed by atoms with Crippen molar-refractivity contribution in [3.8, 4) is 0 Å². The van der Waals surface area contributed by atoms with Crippen molar-refractivity contribution in [3.05, 3.63) is 40.8 Å². The molecule has 1 unspecified atom stereocenters. The molecular formula is C14H20N4OS. The van der Waals surface area contributed by atoms with Gasteiger partial charge in [0.2, 0.25) is 0 Å². The third kappa shape index (κ3) is 3.84. The molecular weight excluding hydrogens is 272 g/mol. The predicted octanol–water partition coefficient (Wildman–Crippen LogP) is 2.74. The van der Waals surface area contributed by atoms with Crippen molar-refractivity contribution in [2.24, 2.45) is 0 Å². The molecule has 0 saturated heterocycles. The van der Waals surface area contributed by atoms with Gasteiger partial charge in [-0.15, -0.1) is 11.3 Å². The highest BCUT2D eigenvalue weighted by atomic mass is 32.1. The molecule has 0 aromatic carbocycles. The lowest BCUT2D eigenvalue weighted by Gasteiger charge is -2.24. The van der Waals surface area contributed by atoms with Gasteiger partial charge in [-0.25, -0.2) is 4.79 Å². The fourth-order valence-corrected chi connectivity index (χ4v) is 2.72. The summed E-state index contributed by atoms with van der Waals surface area (Å²) < 4.78 is 1.87. The molecule has 5 nitrogen and oxygen atoms in total. The zero-order valence-corrected chi connectivity index (χ0v) is 12.6. The summed E-state index contributed by atoms with van der Waals surface area (Å²) >= 11 is 1.67. The fourth-order valence-electron chi connectivity index (χ4n) is 1.89. The van der Waals surface area contributed by atoms with Crippen molar-refractivity contribution in [3.63, 3.8) is 0 Å². The highest BCUT2D eigenvalue weighted by Gasteiger charge is 2.17. The molecule has 0 spiro atoms. The molecule has 2 heterocycles. The van der Waals surface area contributed by atoms with E-state index in [1.165, 1.54) is 4.88 Å². The van der Waals surface area contributed by atoms with Crippen molar-refractivity contribution in [1.29, 1.82) is 0 Å². The van der Waals surface area contributed by atoms with Crippen molar-refractivity contribution >= 4 is 17.4 Å². The minimum absolute atomic E-state index is 0.0358. The highest BCUT2D eigenvalue weighted by molar-refractivity contribution is 7.10. The van der Waals surface area contributed by atoms with Crippen LogP contribution in [0.2, 0.25) is 0 Å². The number of urea groups is 1. The van der Waals surface area contributed by atoms with Gasteiger partial charge in [-0.05, 0) is 30.9 Å². The normalized spacial score (nSPS) is 12.1. The summed E-state index contributed by atoms with van der Waals surface area (Å²) in [5, 5.41) is 9.09. The first-order valence-electron chi connectivity index (χ1n) is 6.70. The van der Waals surface area contributed by atoms with Crippen LogP contribution in [0.15, 0.2) is 36.0 Å². The molecule has 6 heteroatoms. The number of aryl methyl sites for hydroxylation is 1. The van der Waals surface area contributed by atoms with Crippen LogP contribution in [0.5, 0.6) is 0 Å². The monoisotopic (exact) mass is 292 g/mol. The van der Waals surface area contributed by atoms with E-state index >= 15 is 0 Å². The zero-order chi connectivity index (χ0) is 14.4. The number of amides is 2. The van der Waals surface area contributed by atoms with Crippen LogP contribution in [0.25, 0.3) is 0 Å². The number of aromatic nitrogens is 2. The Morgan fingerprint density at radius 1 is 1.55 bits per heavy atom. The van der Waals surface area contributed by atoms with Gasteiger partial charge in [0.05, 0.1) is 6.04 Å². The van der Waals surface area contributed by atoms with Crippen LogP contribution in [0.3, 0.4) is 0 Å². The first-order valence-corrected chi connectivity index (χ1v) is 7.58. The molecule has 2 amide bonds. The molecule has 0 bridgehead atoms. The second kappa shape index (κ2) is 7.09. The Hall–Kier alpha value is -1.82. The van der Waals surface area contributed by atoms with Crippen molar-refractivity contribution in [1.82, 2.24) is 20.0 Å². The Balaban J connectivity index is 1.71. The third-order valence-electron chi connectivity index (χ3n) is 3.26. The Morgan fingerprint density at radius 2 is 2.40 bits per heavy atom. The zero-order valence-electron chi connectivity index (χ0n) is 11.8. The first kappa shape index (κ1) is 14.6. The van der Waals surface area contributed by atoms with Crippen LogP contribution < -0.4 is 5.32 Å². The predicted molar refractivity (Wildman–Crippen MR) is 80.7 cm³/mol. The molecule has 0 aliphatic heterocycles. The molecule has 1 N–H and O–H groups in total. The summed E-state index contributed by atoms with van der Waals surface area (Å²) in [7, 11) is 1.83. The smallest absolute Gasteiger partial charge is 0.317 e. The summed E-state index contributed by atoms with van der Waals surface area (Å²) in [6.45, 7) is 3.51. The highest BCUT2D eigenvalue weighted by Crippen LogP contribution is 2.23. The van der Waals surface area contributed by atoms with E-state index in [4.69, 9.17) is 0 Å². The average molecular weight is 292 g/mol. The van der Waals surface area contributed by atoms with Gasteiger partial charge >= 0.3 is 6.03 Å².